The molecule has 2 fully saturated rings. The fourth-order valence-corrected chi connectivity index (χ4v) is 3.77. The van der Waals surface area contributed by atoms with Crippen LogP contribution in [0.3, 0.4) is 0 Å². The zero-order valence-electron chi connectivity index (χ0n) is 13.0. The van der Waals surface area contributed by atoms with Gasteiger partial charge < -0.3 is 14.4 Å². The first-order chi connectivity index (χ1) is 10.9. The number of hydrogen-bond donors (Lipinski definition) is 0. The van der Waals surface area contributed by atoms with Crippen molar-refractivity contribution in [2.24, 2.45) is 0 Å². The van der Waals surface area contributed by atoms with Crippen LogP contribution in [-0.4, -0.2) is 69.9 Å². The van der Waals surface area contributed by atoms with Crippen LogP contribution in [0.4, 0.5) is 5.69 Å². The molecule has 8 heteroatoms. The summed E-state index contributed by atoms with van der Waals surface area (Å²) in [7, 11) is -3.35. The highest BCUT2D eigenvalue weighted by Gasteiger charge is 2.44. The minimum Gasteiger partial charge on any atom is -0.377 e. The lowest BCUT2D eigenvalue weighted by atomic mass is 10.0. The number of carbonyl (C=O) groups is 1. The summed E-state index contributed by atoms with van der Waals surface area (Å²) in [4.78, 5) is 13.9. The zero-order valence-corrected chi connectivity index (χ0v) is 13.8. The minimum atomic E-state index is -3.35. The number of hydrogen-bond acceptors (Lipinski definition) is 5. The number of benzene rings is 1. The third-order valence-electron chi connectivity index (χ3n) is 4.10. The summed E-state index contributed by atoms with van der Waals surface area (Å²) in [5.41, 5.74) is -0.0705. The lowest BCUT2D eigenvalue weighted by molar-refractivity contribution is -0.145. The maximum Gasteiger partial charge on any atom is 0.253 e. The summed E-state index contributed by atoms with van der Waals surface area (Å²) < 4.78 is 36.5. The summed E-state index contributed by atoms with van der Waals surface area (Å²) in [6.07, 6.45) is 1.18. The molecule has 1 spiro atoms. The number of morpholine rings is 1. The molecule has 2 saturated heterocycles. The molecule has 0 aromatic heterocycles. The van der Waals surface area contributed by atoms with Crippen LogP contribution in [0.1, 0.15) is 0 Å². The molecule has 0 saturated carbocycles. The van der Waals surface area contributed by atoms with Gasteiger partial charge in [0.15, 0.2) is 0 Å². The predicted octanol–water partition coefficient (Wildman–Crippen LogP) is 0.0804. The van der Waals surface area contributed by atoms with Crippen LogP contribution < -0.4 is 4.90 Å². The molecule has 0 radical (unpaired) electrons. The summed E-state index contributed by atoms with van der Waals surface area (Å²) >= 11 is 0. The van der Waals surface area contributed by atoms with Crippen molar-refractivity contribution in [3.8, 4) is 0 Å². The Morgan fingerprint density at radius 3 is 2.61 bits per heavy atom. The molecular formula is C15H20N2O5S. The van der Waals surface area contributed by atoms with E-state index in [1.54, 1.807) is 4.90 Å². The molecule has 2 aliphatic heterocycles. The first-order valence-electron chi connectivity index (χ1n) is 7.42. The molecule has 3 rings (SSSR count). The van der Waals surface area contributed by atoms with E-state index in [1.807, 2.05) is 30.3 Å². The Bertz CT molecular complexity index is 678. The Kier molecular flexibility index (Phi) is 4.41. The molecule has 1 aromatic carbocycles. The van der Waals surface area contributed by atoms with Crippen molar-refractivity contribution < 1.29 is 22.7 Å². The van der Waals surface area contributed by atoms with E-state index in [9.17, 15) is 13.2 Å². The van der Waals surface area contributed by atoms with Crippen molar-refractivity contribution in [1.82, 2.24) is 4.31 Å². The minimum absolute atomic E-state index is 0.0874. The predicted molar refractivity (Wildman–Crippen MR) is 84.7 cm³/mol. The number of sulfonamides is 1. The monoisotopic (exact) mass is 340 g/mol. The highest BCUT2D eigenvalue weighted by molar-refractivity contribution is 7.88. The van der Waals surface area contributed by atoms with E-state index in [1.165, 1.54) is 10.6 Å². The first-order valence-corrected chi connectivity index (χ1v) is 9.27. The quantitative estimate of drug-likeness (QED) is 0.762. The zero-order chi connectivity index (χ0) is 16.5. The third-order valence-corrected chi connectivity index (χ3v) is 5.35. The molecule has 0 aliphatic carbocycles. The van der Waals surface area contributed by atoms with E-state index in [0.717, 1.165) is 5.69 Å². The molecule has 2 aliphatic rings. The fourth-order valence-electron chi connectivity index (χ4n) is 2.89. The van der Waals surface area contributed by atoms with Gasteiger partial charge in [-0.15, -0.1) is 0 Å². The molecule has 23 heavy (non-hydrogen) atoms. The Morgan fingerprint density at radius 1 is 1.17 bits per heavy atom. The van der Waals surface area contributed by atoms with Gasteiger partial charge in [0.25, 0.3) is 5.91 Å². The fraction of sp³-hybridized carbons (Fsp3) is 0.533. The van der Waals surface area contributed by atoms with E-state index in [4.69, 9.17) is 9.47 Å². The van der Waals surface area contributed by atoms with Crippen LogP contribution in [0, 0.1) is 0 Å². The molecule has 1 atom stereocenters. The average Bonchev–Trinajstić information content (AvgIpc) is 2.74. The topological polar surface area (TPSA) is 76.2 Å². The highest BCUT2D eigenvalue weighted by atomic mass is 32.2. The van der Waals surface area contributed by atoms with Crippen LogP contribution in [0.25, 0.3) is 0 Å². The highest BCUT2D eigenvalue weighted by Crippen LogP contribution is 2.27. The Morgan fingerprint density at radius 2 is 1.91 bits per heavy atom. The third kappa shape index (κ3) is 3.55. The van der Waals surface area contributed by atoms with Crippen molar-refractivity contribution in [3.05, 3.63) is 30.3 Å². The number of ether oxygens (including phenoxy) is 2. The molecule has 2 heterocycles. The number of rotatable bonds is 2. The van der Waals surface area contributed by atoms with Gasteiger partial charge in [-0.3, -0.25) is 4.79 Å². The second-order valence-electron chi connectivity index (χ2n) is 5.94. The lowest BCUT2D eigenvalue weighted by Crippen LogP contribution is -2.61. The van der Waals surface area contributed by atoms with Gasteiger partial charge in [-0.2, -0.15) is 4.31 Å². The van der Waals surface area contributed by atoms with Gasteiger partial charge in [-0.1, -0.05) is 18.2 Å². The smallest absolute Gasteiger partial charge is 0.253 e. The molecule has 7 nitrogen and oxygen atoms in total. The van der Waals surface area contributed by atoms with Crippen molar-refractivity contribution in [1.29, 1.82) is 0 Å². The first kappa shape index (κ1) is 16.4. The van der Waals surface area contributed by atoms with E-state index in [0.29, 0.717) is 13.2 Å². The van der Waals surface area contributed by atoms with Crippen molar-refractivity contribution in [3.63, 3.8) is 0 Å². The summed E-state index contributed by atoms with van der Waals surface area (Å²) in [5.74, 6) is -0.142. The molecule has 1 amide bonds. The number of nitrogens with zero attached hydrogens (tertiary/aromatic N) is 2. The number of anilines is 1. The van der Waals surface area contributed by atoms with E-state index >= 15 is 0 Å². The number of carbonyl (C=O) groups excluding carboxylic acids is 1. The van der Waals surface area contributed by atoms with Gasteiger partial charge in [-0.05, 0) is 12.1 Å². The van der Waals surface area contributed by atoms with Crippen LogP contribution in [0.2, 0.25) is 0 Å². The van der Waals surface area contributed by atoms with Crippen molar-refractivity contribution in [2.45, 2.75) is 5.60 Å². The van der Waals surface area contributed by atoms with Gasteiger partial charge in [0.1, 0.15) is 12.2 Å². The van der Waals surface area contributed by atoms with Crippen LogP contribution >= 0.6 is 0 Å². The Balaban J connectivity index is 1.87. The maximum absolute atomic E-state index is 12.2. The Hall–Kier alpha value is -1.48. The van der Waals surface area contributed by atoms with Crippen LogP contribution in [-0.2, 0) is 24.3 Å². The van der Waals surface area contributed by atoms with E-state index in [2.05, 4.69) is 0 Å². The van der Waals surface area contributed by atoms with E-state index < -0.39 is 15.6 Å². The molecular weight excluding hydrogens is 320 g/mol. The van der Waals surface area contributed by atoms with Gasteiger partial charge in [0.05, 0.1) is 26.0 Å². The number of amides is 1. The SMILES string of the molecule is CS(=O)(=O)N1CCOCC2(CN(c3ccccc3)C(=O)CO2)C1. The average molecular weight is 340 g/mol. The normalized spacial score (nSPS) is 27.2. The summed E-state index contributed by atoms with van der Waals surface area (Å²) in [5, 5.41) is 0. The molecule has 1 unspecified atom stereocenters. The summed E-state index contributed by atoms with van der Waals surface area (Å²) in [6, 6.07) is 9.30. The van der Waals surface area contributed by atoms with Crippen molar-refractivity contribution in [2.75, 3.05) is 50.6 Å². The molecule has 0 N–H and O–H groups in total. The van der Waals surface area contributed by atoms with E-state index in [-0.39, 0.29) is 32.2 Å². The van der Waals surface area contributed by atoms with Gasteiger partial charge in [0, 0.05) is 18.8 Å². The Labute approximate surface area is 135 Å². The maximum atomic E-state index is 12.2. The molecule has 1 aromatic rings. The van der Waals surface area contributed by atoms with Crippen molar-refractivity contribution >= 4 is 21.6 Å². The molecule has 126 valence electrons. The second-order valence-corrected chi connectivity index (χ2v) is 7.92. The standard InChI is InChI=1S/C15H20N2O5S/c1-23(19,20)16-7-8-21-12-15(10-16)11-17(14(18)9-22-15)13-5-3-2-4-6-13/h2-6H,7-12H2,1H3. The van der Waals surface area contributed by atoms with Crippen LogP contribution in [0.5, 0.6) is 0 Å². The van der Waals surface area contributed by atoms with Gasteiger partial charge >= 0.3 is 0 Å². The van der Waals surface area contributed by atoms with Crippen LogP contribution in [0.15, 0.2) is 30.3 Å². The van der Waals surface area contributed by atoms with Gasteiger partial charge in [0.2, 0.25) is 10.0 Å². The largest absolute Gasteiger partial charge is 0.377 e. The summed E-state index contributed by atoms with van der Waals surface area (Å²) in [6.45, 7) is 1.23. The lowest BCUT2D eigenvalue weighted by Gasteiger charge is -2.42. The molecule has 0 bridgehead atoms. The number of para-hydroxylation sites is 1. The van der Waals surface area contributed by atoms with Gasteiger partial charge in [-0.25, -0.2) is 8.42 Å². The second kappa shape index (κ2) is 6.20.